The monoisotopic (exact) mass is 182 g/mol. The third kappa shape index (κ3) is 2.84. The van der Waals surface area contributed by atoms with Gasteiger partial charge < -0.3 is 4.74 Å². The van der Waals surface area contributed by atoms with Crippen LogP contribution in [0.3, 0.4) is 0 Å². The second-order valence-electron chi connectivity index (χ2n) is 5.58. The molecule has 1 heteroatoms. The lowest BCUT2D eigenvalue weighted by Crippen LogP contribution is -2.07. The molecule has 0 saturated carbocycles. The number of allylic oxidation sites excluding steroid dienone is 1. The molecule has 76 valence electrons. The highest BCUT2D eigenvalue weighted by Gasteiger charge is 2.46. The van der Waals surface area contributed by atoms with Crippen molar-refractivity contribution in [3.63, 3.8) is 0 Å². The summed E-state index contributed by atoms with van der Waals surface area (Å²) in [5.74, 6) is 0. The molecule has 0 amide bonds. The molecule has 13 heavy (non-hydrogen) atoms. The molecular weight excluding hydrogens is 160 g/mol. The van der Waals surface area contributed by atoms with Gasteiger partial charge in [-0.2, -0.15) is 0 Å². The standard InChI is InChI=1S/C12H22O/c1-9(11(2,3)4)7-8-10-12(5,6)13-10/h7,10H,8H2,1-6H3/b9-7+. The van der Waals surface area contributed by atoms with Crippen LogP contribution in [0.25, 0.3) is 0 Å². The van der Waals surface area contributed by atoms with E-state index < -0.39 is 0 Å². The van der Waals surface area contributed by atoms with Crippen molar-refractivity contribution < 1.29 is 4.74 Å². The number of hydrogen-bond acceptors (Lipinski definition) is 1. The predicted octanol–water partition coefficient (Wildman–Crippen LogP) is 3.55. The Bertz CT molecular complexity index is 218. The third-order valence-corrected chi connectivity index (χ3v) is 2.99. The Hall–Kier alpha value is -0.300. The minimum Gasteiger partial charge on any atom is -0.366 e. The molecule has 1 nitrogen and oxygen atoms in total. The normalized spacial score (nSPS) is 27.5. The quantitative estimate of drug-likeness (QED) is 0.470. The molecule has 1 atom stereocenters. The molecule has 1 rings (SSSR count). The molecule has 1 fully saturated rings. The van der Waals surface area contributed by atoms with E-state index in [4.69, 9.17) is 4.74 Å². The summed E-state index contributed by atoms with van der Waals surface area (Å²) < 4.78 is 5.52. The Kier molecular flexibility index (Phi) is 2.59. The van der Waals surface area contributed by atoms with Gasteiger partial charge in [0.15, 0.2) is 0 Å². The van der Waals surface area contributed by atoms with Gasteiger partial charge in [-0.25, -0.2) is 0 Å². The van der Waals surface area contributed by atoms with Crippen LogP contribution < -0.4 is 0 Å². The number of epoxide rings is 1. The maximum Gasteiger partial charge on any atom is 0.0902 e. The van der Waals surface area contributed by atoms with Crippen molar-refractivity contribution in [1.29, 1.82) is 0 Å². The maximum absolute atomic E-state index is 5.52. The molecule has 1 saturated heterocycles. The summed E-state index contributed by atoms with van der Waals surface area (Å²) in [4.78, 5) is 0. The molecule has 0 N–H and O–H groups in total. The molecule has 0 spiro atoms. The molecular formula is C12H22O. The minimum atomic E-state index is 0.134. The second-order valence-corrected chi connectivity index (χ2v) is 5.58. The van der Waals surface area contributed by atoms with Crippen LogP contribution in [0.4, 0.5) is 0 Å². The molecule has 0 aromatic rings. The largest absolute Gasteiger partial charge is 0.366 e. The first-order valence-electron chi connectivity index (χ1n) is 5.08. The Labute approximate surface area is 82.2 Å². The SMILES string of the molecule is C/C(=C\CC1OC1(C)C)C(C)(C)C. The van der Waals surface area contributed by atoms with E-state index >= 15 is 0 Å². The first-order chi connectivity index (χ1) is 5.73. The van der Waals surface area contributed by atoms with Crippen molar-refractivity contribution in [1.82, 2.24) is 0 Å². The highest BCUT2D eigenvalue weighted by molar-refractivity contribution is 5.10. The maximum atomic E-state index is 5.52. The van der Waals surface area contributed by atoms with Gasteiger partial charge in [0.2, 0.25) is 0 Å². The fourth-order valence-electron chi connectivity index (χ4n) is 1.25. The summed E-state index contributed by atoms with van der Waals surface area (Å²) in [5, 5.41) is 0. The molecule has 0 aromatic heterocycles. The molecule has 0 aliphatic carbocycles. The summed E-state index contributed by atoms with van der Waals surface area (Å²) in [6.07, 6.45) is 3.83. The van der Waals surface area contributed by atoms with Gasteiger partial charge in [0, 0.05) is 0 Å². The summed E-state index contributed by atoms with van der Waals surface area (Å²) in [5.41, 5.74) is 1.90. The zero-order chi connectivity index (χ0) is 10.3. The summed E-state index contributed by atoms with van der Waals surface area (Å²) in [6.45, 7) is 13.2. The van der Waals surface area contributed by atoms with E-state index in [-0.39, 0.29) is 5.60 Å². The molecule has 0 aromatic carbocycles. The van der Waals surface area contributed by atoms with Gasteiger partial charge >= 0.3 is 0 Å². The molecule has 1 aliphatic rings. The van der Waals surface area contributed by atoms with E-state index in [0.29, 0.717) is 11.5 Å². The Morgan fingerprint density at radius 3 is 2.15 bits per heavy atom. The fourth-order valence-corrected chi connectivity index (χ4v) is 1.25. The highest BCUT2D eigenvalue weighted by Crippen LogP contribution is 2.38. The molecule has 0 radical (unpaired) electrons. The Morgan fingerprint density at radius 1 is 1.38 bits per heavy atom. The van der Waals surface area contributed by atoms with Gasteiger partial charge in [0.25, 0.3) is 0 Å². The Balaban J connectivity index is 2.42. The molecule has 1 unspecified atom stereocenters. The second kappa shape index (κ2) is 3.13. The molecule has 1 heterocycles. The zero-order valence-electron chi connectivity index (χ0n) is 9.77. The van der Waals surface area contributed by atoms with Crippen molar-refractivity contribution in [3.05, 3.63) is 11.6 Å². The van der Waals surface area contributed by atoms with E-state index in [1.807, 2.05) is 0 Å². The first kappa shape index (κ1) is 10.8. The molecule has 0 bridgehead atoms. The van der Waals surface area contributed by atoms with Crippen molar-refractivity contribution in [2.24, 2.45) is 5.41 Å². The fraction of sp³-hybridized carbons (Fsp3) is 0.833. The number of rotatable bonds is 2. The number of ether oxygens (including phenoxy) is 1. The average molecular weight is 182 g/mol. The van der Waals surface area contributed by atoms with Crippen LogP contribution in [0.2, 0.25) is 0 Å². The van der Waals surface area contributed by atoms with Crippen molar-refractivity contribution in [2.45, 2.75) is 59.7 Å². The van der Waals surface area contributed by atoms with E-state index in [1.165, 1.54) is 5.57 Å². The van der Waals surface area contributed by atoms with Gasteiger partial charge in [0.1, 0.15) is 0 Å². The van der Waals surface area contributed by atoms with Gasteiger partial charge in [-0.3, -0.25) is 0 Å². The van der Waals surface area contributed by atoms with E-state index in [2.05, 4.69) is 47.6 Å². The first-order valence-corrected chi connectivity index (χ1v) is 5.08. The van der Waals surface area contributed by atoms with Crippen LogP contribution in [0.5, 0.6) is 0 Å². The lowest BCUT2D eigenvalue weighted by Gasteiger charge is -2.19. The van der Waals surface area contributed by atoms with Crippen LogP contribution in [-0.2, 0) is 4.74 Å². The third-order valence-electron chi connectivity index (χ3n) is 2.99. The lowest BCUT2D eigenvalue weighted by molar-refractivity contribution is 0.324. The van der Waals surface area contributed by atoms with Crippen molar-refractivity contribution in [2.75, 3.05) is 0 Å². The van der Waals surface area contributed by atoms with Gasteiger partial charge in [-0.15, -0.1) is 0 Å². The van der Waals surface area contributed by atoms with Crippen LogP contribution in [0.15, 0.2) is 11.6 Å². The lowest BCUT2D eigenvalue weighted by atomic mass is 9.86. The topological polar surface area (TPSA) is 12.5 Å². The summed E-state index contributed by atoms with van der Waals surface area (Å²) >= 11 is 0. The van der Waals surface area contributed by atoms with E-state index in [9.17, 15) is 0 Å². The van der Waals surface area contributed by atoms with Crippen LogP contribution >= 0.6 is 0 Å². The Morgan fingerprint density at radius 2 is 1.85 bits per heavy atom. The molecule has 1 aliphatic heterocycles. The van der Waals surface area contributed by atoms with Gasteiger partial charge in [-0.1, -0.05) is 32.4 Å². The summed E-state index contributed by atoms with van der Waals surface area (Å²) in [7, 11) is 0. The smallest absolute Gasteiger partial charge is 0.0902 e. The predicted molar refractivity (Wildman–Crippen MR) is 56.8 cm³/mol. The van der Waals surface area contributed by atoms with E-state index in [1.54, 1.807) is 0 Å². The van der Waals surface area contributed by atoms with Crippen molar-refractivity contribution in [3.8, 4) is 0 Å². The minimum absolute atomic E-state index is 0.134. The van der Waals surface area contributed by atoms with Crippen LogP contribution in [0.1, 0.15) is 48.0 Å². The average Bonchev–Trinajstić information content (AvgIpc) is 2.52. The van der Waals surface area contributed by atoms with Crippen LogP contribution in [-0.4, -0.2) is 11.7 Å². The van der Waals surface area contributed by atoms with E-state index in [0.717, 1.165) is 6.42 Å². The zero-order valence-corrected chi connectivity index (χ0v) is 9.77. The summed E-state index contributed by atoms with van der Waals surface area (Å²) in [6, 6.07) is 0. The van der Waals surface area contributed by atoms with Crippen molar-refractivity contribution >= 4 is 0 Å². The van der Waals surface area contributed by atoms with Crippen LogP contribution in [0, 0.1) is 5.41 Å². The van der Waals surface area contributed by atoms with Gasteiger partial charge in [0.05, 0.1) is 11.7 Å². The van der Waals surface area contributed by atoms with Gasteiger partial charge in [-0.05, 0) is 32.6 Å². The number of hydrogen-bond donors (Lipinski definition) is 0. The highest BCUT2D eigenvalue weighted by atomic mass is 16.6.